The number of aromatic amines is 1. The average molecular weight is 529 g/mol. The highest BCUT2D eigenvalue weighted by molar-refractivity contribution is 7.09. The molecule has 6 rings (SSSR count). The van der Waals surface area contributed by atoms with E-state index in [1.54, 1.807) is 5.38 Å². The maximum absolute atomic E-state index is 12.8. The molecular formula is C29H32N6O2S. The summed E-state index contributed by atoms with van der Waals surface area (Å²) in [5.41, 5.74) is 4.59. The Morgan fingerprint density at radius 2 is 1.84 bits per heavy atom. The number of imidazole rings is 1. The van der Waals surface area contributed by atoms with Crippen LogP contribution in [-0.4, -0.2) is 39.4 Å². The van der Waals surface area contributed by atoms with E-state index in [-0.39, 0.29) is 11.8 Å². The standard InChI is InChI=1S/C29H32N6O2S/c36-27-11-5-7-20-6-1-4-10-25(20)35(27)17-26-32-24(18-38-26)28(37)30-16-19-12-14-21(15-13-19)31-29-33-22-8-2-3-9-23(22)34-29/h1-4,6,8-10,18-19,21H,5,7,11-17H2,(H,30,37)(H2,31,33,34). The Labute approximate surface area is 225 Å². The van der Waals surface area contributed by atoms with E-state index in [1.807, 2.05) is 47.4 Å². The van der Waals surface area contributed by atoms with Crippen LogP contribution in [0.1, 0.15) is 59.6 Å². The van der Waals surface area contributed by atoms with Gasteiger partial charge in [-0.3, -0.25) is 9.59 Å². The first-order valence-electron chi connectivity index (χ1n) is 13.4. The molecule has 1 aliphatic carbocycles. The van der Waals surface area contributed by atoms with Crippen molar-refractivity contribution in [2.45, 2.75) is 57.5 Å². The van der Waals surface area contributed by atoms with Gasteiger partial charge in [0.15, 0.2) is 0 Å². The molecule has 0 bridgehead atoms. The molecular weight excluding hydrogens is 496 g/mol. The fourth-order valence-corrected chi connectivity index (χ4v) is 6.30. The zero-order chi connectivity index (χ0) is 25.9. The molecule has 0 saturated heterocycles. The van der Waals surface area contributed by atoms with Crippen LogP contribution < -0.4 is 15.5 Å². The van der Waals surface area contributed by atoms with Gasteiger partial charge in [0.1, 0.15) is 10.7 Å². The summed E-state index contributed by atoms with van der Waals surface area (Å²) >= 11 is 1.44. The highest BCUT2D eigenvalue weighted by Crippen LogP contribution is 2.29. The molecule has 38 heavy (non-hydrogen) atoms. The molecule has 9 heteroatoms. The van der Waals surface area contributed by atoms with E-state index in [4.69, 9.17) is 0 Å². The molecule has 2 aromatic heterocycles. The van der Waals surface area contributed by atoms with Gasteiger partial charge in [-0.25, -0.2) is 9.97 Å². The normalized spacial score (nSPS) is 19.7. The Balaban J connectivity index is 0.991. The van der Waals surface area contributed by atoms with Crippen molar-refractivity contribution in [2.75, 3.05) is 16.8 Å². The number of hydrogen-bond donors (Lipinski definition) is 3. The Hall–Kier alpha value is -3.72. The zero-order valence-corrected chi connectivity index (χ0v) is 22.1. The summed E-state index contributed by atoms with van der Waals surface area (Å²) in [6, 6.07) is 16.5. The van der Waals surface area contributed by atoms with Crippen molar-refractivity contribution in [1.82, 2.24) is 20.3 Å². The molecule has 196 valence electrons. The molecule has 1 aliphatic heterocycles. The van der Waals surface area contributed by atoms with Crippen molar-refractivity contribution in [2.24, 2.45) is 5.92 Å². The van der Waals surface area contributed by atoms with Gasteiger partial charge in [-0.2, -0.15) is 0 Å². The number of carbonyl (C=O) groups excluding carboxylic acids is 2. The largest absolute Gasteiger partial charge is 0.353 e. The summed E-state index contributed by atoms with van der Waals surface area (Å²) in [5, 5.41) is 9.20. The molecule has 2 amide bonds. The summed E-state index contributed by atoms with van der Waals surface area (Å²) in [6.07, 6.45) is 6.49. The third-order valence-corrected chi connectivity index (χ3v) is 8.46. The van der Waals surface area contributed by atoms with E-state index < -0.39 is 0 Å². The molecule has 1 fully saturated rings. The van der Waals surface area contributed by atoms with E-state index in [0.717, 1.165) is 66.2 Å². The molecule has 0 spiro atoms. The molecule has 4 aromatic rings. The minimum Gasteiger partial charge on any atom is -0.353 e. The van der Waals surface area contributed by atoms with Crippen molar-refractivity contribution < 1.29 is 9.59 Å². The first kappa shape index (κ1) is 24.6. The van der Waals surface area contributed by atoms with Gasteiger partial charge in [0.2, 0.25) is 11.9 Å². The van der Waals surface area contributed by atoms with Crippen LogP contribution in [0.5, 0.6) is 0 Å². The second kappa shape index (κ2) is 10.9. The van der Waals surface area contributed by atoms with Crippen molar-refractivity contribution >= 4 is 45.8 Å². The topological polar surface area (TPSA) is 103 Å². The summed E-state index contributed by atoms with van der Waals surface area (Å²) in [4.78, 5) is 40.0. The highest BCUT2D eigenvalue weighted by atomic mass is 32.1. The number of rotatable bonds is 7. The lowest BCUT2D eigenvalue weighted by atomic mass is 9.86. The Morgan fingerprint density at radius 1 is 1.03 bits per heavy atom. The Morgan fingerprint density at radius 3 is 2.71 bits per heavy atom. The highest BCUT2D eigenvalue weighted by Gasteiger charge is 2.25. The van der Waals surface area contributed by atoms with Crippen LogP contribution in [0.3, 0.4) is 0 Å². The summed E-state index contributed by atoms with van der Waals surface area (Å²) in [6.45, 7) is 1.05. The van der Waals surface area contributed by atoms with Crippen LogP contribution in [-0.2, 0) is 17.8 Å². The SMILES string of the molecule is O=C(NCC1CCC(Nc2nc3ccccc3[nH]2)CC1)c1csc(CN2C(=O)CCCc3ccccc32)n1. The minimum atomic E-state index is -0.141. The van der Waals surface area contributed by atoms with Crippen molar-refractivity contribution in [3.63, 3.8) is 0 Å². The van der Waals surface area contributed by atoms with Gasteiger partial charge in [0, 0.05) is 30.1 Å². The second-order valence-electron chi connectivity index (χ2n) is 10.3. The summed E-state index contributed by atoms with van der Waals surface area (Å²) < 4.78 is 0. The minimum absolute atomic E-state index is 0.113. The number of aromatic nitrogens is 3. The Kier molecular flexibility index (Phi) is 7.09. The average Bonchev–Trinajstić information content (AvgIpc) is 3.54. The van der Waals surface area contributed by atoms with E-state index in [2.05, 4.69) is 31.7 Å². The number of carbonyl (C=O) groups is 2. The van der Waals surface area contributed by atoms with E-state index in [1.165, 1.54) is 16.9 Å². The number of amides is 2. The number of fused-ring (bicyclic) bond motifs is 2. The van der Waals surface area contributed by atoms with Crippen molar-refractivity contribution in [1.29, 1.82) is 0 Å². The number of H-pyrrole nitrogens is 1. The van der Waals surface area contributed by atoms with Crippen LogP contribution in [0.2, 0.25) is 0 Å². The van der Waals surface area contributed by atoms with E-state index in [0.29, 0.717) is 37.2 Å². The number of nitrogens with one attached hydrogen (secondary N) is 3. The number of hydrogen-bond acceptors (Lipinski definition) is 6. The number of para-hydroxylation sites is 3. The molecule has 3 N–H and O–H groups in total. The summed E-state index contributed by atoms with van der Waals surface area (Å²) in [7, 11) is 0. The lowest BCUT2D eigenvalue weighted by Crippen LogP contribution is -2.34. The molecule has 8 nitrogen and oxygen atoms in total. The van der Waals surface area contributed by atoms with E-state index >= 15 is 0 Å². The lowest BCUT2D eigenvalue weighted by Gasteiger charge is -2.29. The fraction of sp³-hybridized carbons (Fsp3) is 0.379. The quantitative estimate of drug-likeness (QED) is 0.302. The number of nitrogens with zero attached hydrogens (tertiary/aromatic N) is 3. The van der Waals surface area contributed by atoms with Crippen molar-refractivity contribution in [3.8, 4) is 0 Å². The maximum Gasteiger partial charge on any atom is 0.270 e. The van der Waals surface area contributed by atoms with Gasteiger partial charge in [0.25, 0.3) is 5.91 Å². The zero-order valence-electron chi connectivity index (χ0n) is 21.3. The molecule has 2 aromatic carbocycles. The smallest absolute Gasteiger partial charge is 0.270 e. The van der Waals surface area contributed by atoms with Crippen LogP contribution in [0.4, 0.5) is 11.6 Å². The Bertz CT molecular complexity index is 1400. The van der Waals surface area contributed by atoms with Gasteiger partial charge in [-0.1, -0.05) is 30.3 Å². The molecule has 3 heterocycles. The maximum atomic E-state index is 12.8. The number of thiazole rings is 1. The fourth-order valence-electron chi connectivity index (χ4n) is 5.53. The molecule has 0 atom stereocenters. The molecule has 0 unspecified atom stereocenters. The van der Waals surface area contributed by atoms with Gasteiger partial charge in [-0.15, -0.1) is 11.3 Å². The first-order valence-corrected chi connectivity index (χ1v) is 14.3. The van der Waals surface area contributed by atoms with Crippen molar-refractivity contribution in [3.05, 3.63) is 70.2 Å². The molecule has 1 saturated carbocycles. The number of benzene rings is 2. The van der Waals surface area contributed by atoms with Crippen LogP contribution >= 0.6 is 11.3 Å². The predicted molar refractivity (Wildman–Crippen MR) is 150 cm³/mol. The number of aryl methyl sites for hydroxylation is 1. The van der Waals surface area contributed by atoms with Crippen LogP contribution in [0.25, 0.3) is 11.0 Å². The predicted octanol–water partition coefficient (Wildman–Crippen LogP) is 5.29. The third kappa shape index (κ3) is 5.43. The monoisotopic (exact) mass is 528 g/mol. The molecule has 0 radical (unpaired) electrons. The van der Waals surface area contributed by atoms with Gasteiger partial charge < -0.3 is 20.5 Å². The lowest BCUT2D eigenvalue weighted by molar-refractivity contribution is -0.118. The number of anilines is 2. The molecule has 2 aliphatic rings. The van der Waals surface area contributed by atoms with E-state index in [9.17, 15) is 9.59 Å². The van der Waals surface area contributed by atoms with Gasteiger partial charge in [0.05, 0.1) is 17.6 Å². The first-order chi connectivity index (χ1) is 18.6. The van der Waals surface area contributed by atoms with Gasteiger partial charge >= 0.3 is 0 Å². The third-order valence-electron chi connectivity index (χ3n) is 7.63. The summed E-state index contributed by atoms with van der Waals surface area (Å²) in [5.74, 6) is 1.25. The van der Waals surface area contributed by atoms with Crippen LogP contribution in [0.15, 0.2) is 53.9 Å². The van der Waals surface area contributed by atoms with Gasteiger partial charge in [-0.05, 0) is 68.2 Å². The second-order valence-corrected chi connectivity index (χ2v) is 11.2. The van der Waals surface area contributed by atoms with Crippen LogP contribution in [0, 0.1) is 5.92 Å².